The smallest absolute Gasteiger partial charge is 0.0320 e. The van der Waals surface area contributed by atoms with Gasteiger partial charge in [-0.05, 0) is 43.0 Å². The Hall–Kier alpha value is -1.25. The maximum Gasteiger partial charge on any atom is 0.0320 e. The van der Waals surface area contributed by atoms with Crippen LogP contribution in [-0.2, 0) is 6.42 Å². The highest BCUT2D eigenvalue weighted by Gasteiger charge is 2.22. The number of benzene rings is 2. The van der Waals surface area contributed by atoms with Crippen molar-refractivity contribution in [2.75, 3.05) is 6.54 Å². The second-order valence-electron chi connectivity index (χ2n) is 5.65. The van der Waals surface area contributed by atoms with Crippen LogP contribution in [0.3, 0.4) is 0 Å². The number of nitrogens with one attached hydrogen (secondary N) is 1. The van der Waals surface area contributed by atoms with Gasteiger partial charge in [-0.2, -0.15) is 0 Å². The Labute approximate surface area is 132 Å². The molecule has 0 saturated heterocycles. The molecule has 1 aliphatic rings. The van der Waals surface area contributed by atoms with Crippen LogP contribution in [0.15, 0.2) is 59.5 Å². The largest absolute Gasteiger partial charge is 0.310 e. The van der Waals surface area contributed by atoms with Crippen LogP contribution in [0.2, 0.25) is 0 Å². The molecule has 2 unspecified atom stereocenters. The van der Waals surface area contributed by atoms with Gasteiger partial charge >= 0.3 is 0 Å². The summed E-state index contributed by atoms with van der Waals surface area (Å²) >= 11 is 2.06. The number of hydrogen-bond acceptors (Lipinski definition) is 2. The molecule has 2 aromatic rings. The highest BCUT2D eigenvalue weighted by molar-refractivity contribution is 8.00. The van der Waals surface area contributed by atoms with E-state index in [0.717, 1.165) is 11.8 Å². The second-order valence-corrected chi connectivity index (χ2v) is 6.99. The van der Waals surface area contributed by atoms with Crippen molar-refractivity contribution < 1.29 is 0 Å². The van der Waals surface area contributed by atoms with Crippen molar-refractivity contribution in [3.63, 3.8) is 0 Å². The summed E-state index contributed by atoms with van der Waals surface area (Å²) in [4.78, 5) is 1.49. The molecule has 3 rings (SSSR count). The highest BCUT2D eigenvalue weighted by Crippen LogP contribution is 2.39. The van der Waals surface area contributed by atoms with Gasteiger partial charge in [-0.1, -0.05) is 55.5 Å². The molecule has 0 radical (unpaired) electrons. The van der Waals surface area contributed by atoms with Gasteiger partial charge in [0.15, 0.2) is 0 Å². The van der Waals surface area contributed by atoms with Crippen molar-refractivity contribution >= 4 is 11.8 Å². The fraction of sp³-hybridized carbons (Fsp3) is 0.368. The first-order valence-corrected chi connectivity index (χ1v) is 8.77. The van der Waals surface area contributed by atoms with E-state index in [1.807, 2.05) is 0 Å². The molecular weight excluding hydrogens is 274 g/mol. The quantitative estimate of drug-likeness (QED) is 0.819. The van der Waals surface area contributed by atoms with Crippen molar-refractivity contribution in [1.82, 2.24) is 5.32 Å². The summed E-state index contributed by atoms with van der Waals surface area (Å²) in [6.45, 7) is 3.22. The Balaban J connectivity index is 1.59. The van der Waals surface area contributed by atoms with Gasteiger partial charge in [0, 0.05) is 16.2 Å². The van der Waals surface area contributed by atoms with E-state index in [0.29, 0.717) is 6.04 Å². The Bertz CT molecular complexity index is 542. The van der Waals surface area contributed by atoms with Gasteiger partial charge in [0.2, 0.25) is 0 Å². The summed E-state index contributed by atoms with van der Waals surface area (Å²) in [6.07, 6.45) is 3.71. The third-order valence-corrected chi connectivity index (χ3v) is 5.53. The van der Waals surface area contributed by atoms with Crippen molar-refractivity contribution in [3.05, 3.63) is 65.7 Å². The van der Waals surface area contributed by atoms with Crippen LogP contribution in [-0.4, -0.2) is 11.8 Å². The van der Waals surface area contributed by atoms with Gasteiger partial charge in [0.1, 0.15) is 0 Å². The molecular formula is C19H23NS. The summed E-state index contributed by atoms with van der Waals surface area (Å²) < 4.78 is 0. The first kappa shape index (κ1) is 14.7. The van der Waals surface area contributed by atoms with Crippen molar-refractivity contribution in [2.45, 2.75) is 42.4 Å². The number of rotatable bonds is 6. The van der Waals surface area contributed by atoms with E-state index >= 15 is 0 Å². The van der Waals surface area contributed by atoms with Gasteiger partial charge in [-0.25, -0.2) is 0 Å². The normalized spacial score (nSPS) is 18.4. The van der Waals surface area contributed by atoms with Crippen LogP contribution in [0, 0.1) is 0 Å². The van der Waals surface area contributed by atoms with E-state index in [9.17, 15) is 0 Å². The molecule has 1 N–H and O–H groups in total. The molecule has 0 saturated carbocycles. The molecule has 21 heavy (non-hydrogen) atoms. The predicted octanol–water partition coefficient (Wildman–Crippen LogP) is 4.83. The fourth-order valence-corrected chi connectivity index (χ4v) is 4.42. The molecule has 0 amide bonds. The minimum absolute atomic E-state index is 0.487. The Morgan fingerprint density at radius 3 is 2.62 bits per heavy atom. The van der Waals surface area contributed by atoms with E-state index in [-0.39, 0.29) is 0 Å². The second kappa shape index (κ2) is 7.15. The molecule has 0 bridgehead atoms. The van der Waals surface area contributed by atoms with Crippen LogP contribution in [0.1, 0.15) is 36.9 Å². The zero-order valence-electron chi connectivity index (χ0n) is 12.6. The minimum atomic E-state index is 0.487. The summed E-state index contributed by atoms with van der Waals surface area (Å²) in [6, 6.07) is 20.2. The van der Waals surface area contributed by atoms with Crippen LogP contribution in [0.4, 0.5) is 0 Å². The molecule has 1 nitrogen and oxygen atoms in total. The van der Waals surface area contributed by atoms with Crippen LogP contribution < -0.4 is 5.32 Å². The molecule has 0 spiro atoms. The van der Waals surface area contributed by atoms with Crippen molar-refractivity contribution in [2.24, 2.45) is 0 Å². The molecule has 2 aromatic carbocycles. The first-order chi connectivity index (χ1) is 10.4. The monoisotopic (exact) mass is 297 g/mol. The molecule has 2 atom stereocenters. The molecule has 2 heteroatoms. The third-order valence-electron chi connectivity index (χ3n) is 4.14. The molecule has 110 valence electrons. The summed E-state index contributed by atoms with van der Waals surface area (Å²) in [7, 11) is 0. The van der Waals surface area contributed by atoms with Gasteiger partial charge in [0.25, 0.3) is 0 Å². The lowest BCUT2D eigenvalue weighted by molar-refractivity contribution is 0.493. The molecule has 0 aromatic heterocycles. The van der Waals surface area contributed by atoms with Crippen LogP contribution in [0.25, 0.3) is 0 Å². The van der Waals surface area contributed by atoms with Crippen molar-refractivity contribution in [3.8, 4) is 0 Å². The van der Waals surface area contributed by atoms with Gasteiger partial charge < -0.3 is 5.32 Å². The lowest BCUT2D eigenvalue weighted by Crippen LogP contribution is -2.22. The number of fused-ring (bicyclic) bond motifs is 1. The molecule has 1 heterocycles. The molecule has 0 fully saturated rings. The number of hydrogen-bond donors (Lipinski definition) is 1. The van der Waals surface area contributed by atoms with E-state index in [2.05, 4.69) is 78.6 Å². The topological polar surface area (TPSA) is 12.0 Å². The maximum atomic E-state index is 3.63. The lowest BCUT2D eigenvalue weighted by Gasteiger charge is -2.20. The van der Waals surface area contributed by atoms with E-state index in [4.69, 9.17) is 0 Å². The van der Waals surface area contributed by atoms with Gasteiger partial charge in [0.05, 0.1) is 0 Å². The zero-order chi connectivity index (χ0) is 14.5. The average Bonchev–Trinajstić information content (AvgIpc) is 2.95. The van der Waals surface area contributed by atoms with E-state index in [1.54, 1.807) is 0 Å². The fourth-order valence-electron chi connectivity index (χ4n) is 3.09. The predicted molar refractivity (Wildman–Crippen MR) is 91.9 cm³/mol. The Morgan fingerprint density at radius 1 is 1.10 bits per heavy atom. The van der Waals surface area contributed by atoms with Crippen molar-refractivity contribution in [1.29, 1.82) is 0 Å². The Morgan fingerprint density at radius 2 is 1.86 bits per heavy atom. The van der Waals surface area contributed by atoms with Gasteiger partial charge in [-0.3, -0.25) is 0 Å². The van der Waals surface area contributed by atoms with Crippen LogP contribution in [0.5, 0.6) is 0 Å². The summed E-state index contributed by atoms with van der Waals surface area (Å²) in [5.74, 6) is 0. The number of thioether (sulfide) groups is 1. The Kier molecular flexibility index (Phi) is 5.00. The average molecular weight is 297 g/mol. The molecule has 0 aliphatic carbocycles. The SMILES string of the molecule is CCNC(CCC1Cc2ccccc2S1)c1ccccc1. The summed E-state index contributed by atoms with van der Waals surface area (Å²) in [5, 5.41) is 4.38. The summed E-state index contributed by atoms with van der Waals surface area (Å²) in [5.41, 5.74) is 2.95. The molecule has 1 aliphatic heterocycles. The minimum Gasteiger partial charge on any atom is -0.310 e. The first-order valence-electron chi connectivity index (χ1n) is 7.89. The van der Waals surface area contributed by atoms with E-state index < -0.39 is 0 Å². The lowest BCUT2D eigenvalue weighted by atomic mass is 9.99. The highest BCUT2D eigenvalue weighted by atomic mass is 32.2. The third kappa shape index (κ3) is 3.69. The van der Waals surface area contributed by atoms with E-state index in [1.165, 1.54) is 35.3 Å². The maximum absolute atomic E-state index is 3.63. The van der Waals surface area contributed by atoms with Crippen LogP contribution >= 0.6 is 11.8 Å². The zero-order valence-corrected chi connectivity index (χ0v) is 13.4. The van der Waals surface area contributed by atoms with Gasteiger partial charge in [-0.15, -0.1) is 11.8 Å². The standard InChI is InChI=1S/C19H23NS/c1-2-20-18(15-8-4-3-5-9-15)13-12-17-14-16-10-6-7-11-19(16)21-17/h3-11,17-18,20H,2,12-14H2,1H3.